The van der Waals surface area contributed by atoms with Crippen LogP contribution in [0.3, 0.4) is 0 Å². The summed E-state index contributed by atoms with van der Waals surface area (Å²) in [4.78, 5) is 24.0. The van der Waals surface area contributed by atoms with Gasteiger partial charge < -0.3 is 20.1 Å². The molecule has 2 amide bonds. The molecule has 0 aromatic heterocycles. The Morgan fingerprint density at radius 1 is 1.20 bits per heavy atom. The van der Waals surface area contributed by atoms with Gasteiger partial charge >= 0.3 is 6.09 Å². The Hall–Kier alpha value is -3.28. The average molecular weight is 340 g/mol. The van der Waals surface area contributed by atoms with E-state index in [1.807, 2.05) is 30.3 Å². The summed E-state index contributed by atoms with van der Waals surface area (Å²) in [6.07, 6.45) is 2.10. The van der Waals surface area contributed by atoms with Crippen molar-refractivity contribution in [1.29, 1.82) is 0 Å². The second-order valence-electron chi connectivity index (χ2n) is 5.40. The van der Waals surface area contributed by atoms with Gasteiger partial charge in [0.1, 0.15) is 5.75 Å². The van der Waals surface area contributed by atoms with Gasteiger partial charge in [0, 0.05) is 24.4 Å². The Morgan fingerprint density at radius 2 is 1.92 bits per heavy atom. The SMILES string of the molecule is COc1cc(/C=C/C(=O)Nc2ccccc2)ccc1CN(C)C(=O)O. The van der Waals surface area contributed by atoms with Crippen molar-refractivity contribution in [2.24, 2.45) is 0 Å². The molecule has 0 heterocycles. The van der Waals surface area contributed by atoms with Crippen molar-refractivity contribution in [3.8, 4) is 5.75 Å². The van der Waals surface area contributed by atoms with E-state index < -0.39 is 6.09 Å². The number of para-hydroxylation sites is 1. The lowest BCUT2D eigenvalue weighted by Gasteiger charge is -2.15. The predicted molar refractivity (Wildman–Crippen MR) is 96.6 cm³/mol. The monoisotopic (exact) mass is 340 g/mol. The summed E-state index contributed by atoms with van der Waals surface area (Å²) in [7, 11) is 3.01. The summed E-state index contributed by atoms with van der Waals surface area (Å²) in [5, 5.41) is 11.7. The molecule has 0 bridgehead atoms. The lowest BCUT2D eigenvalue weighted by atomic mass is 10.1. The highest BCUT2D eigenvalue weighted by Gasteiger charge is 2.10. The largest absolute Gasteiger partial charge is 0.496 e. The number of methoxy groups -OCH3 is 1. The van der Waals surface area contributed by atoms with Crippen LogP contribution in [0.5, 0.6) is 5.75 Å². The molecule has 0 radical (unpaired) electrons. The molecule has 2 aromatic rings. The fraction of sp³-hybridized carbons (Fsp3) is 0.158. The zero-order valence-electron chi connectivity index (χ0n) is 14.1. The average Bonchev–Trinajstić information content (AvgIpc) is 2.61. The van der Waals surface area contributed by atoms with E-state index in [0.717, 1.165) is 16.8 Å². The van der Waals surface area contributed by atoms with E-state index in [1.165, 1.54) is 25.1 Å². The summed E-state index contributed by atoms with van der Waals surface area (Å²) in [6, 6.07) is 14.5. The molecule has 0 atom stereocenters. The molecular weight excluding hydrogens is 320 g/mol. The number of carbonyl (C=O) groups is 2. The van der Waals surface area contributed by atoms with Gasteiger partial charge in [-0.2, -0.15) is 0 Å². The van der Waals surface area contributed by atoms with Crippen molar-refractivity contribution in [2.45, 2.75) is 6.54 Å². The number of hydrogen-bond acceptors (Lipinski definition) is 3. The quantitative estimate of drug-likeness (QED) is 0.789. The van der Waals surface area contributed by atoms with Gasteiger partial charge in [-0.25, -0.2) is 4.79 Å². The number of benzene rings is 2. The van der Waals surface area contributed by atoms with Crippen LogP contribution in [0.2, 0.25) is 0 Å². The van der Waals surface area contributed by atoms with E-state index in [1.54, 1.807) is 24.3 Å². The number of ether oxygens (including phenoxy) is 1. The van der Waals surface area contributed by atoms with Gasteiger partial charge in [0.05, 0.1) is 13.7 Å². The molecule has 130 valence electrons. The molecule has 6 heteroatoms. The molecule has 0 spiro atoms. The van der Waals surface area contributed by atoms with Gasteiger partial charge in [0.25, 0.3) is 0 Å². The van der Waals surface area contributed by atoms with E-state index >= 15 is 0 Å². The second-order valence-corrected chi connectivity index (χ2v) is 5.40. The Bertz CT molecular complexity index is 772. The van der Waals surface area contributed by atoms with Crippen molar-refractivity contribution in [2.75, 3.05) is 19.5 Å². The Kier molecular flexibility index (Phi) is 6.17. The van der Waals surface area contributed by atoms with Crippen molar-refractivity contribution in [3.05, 3.63) is 65.7 Å². The molecule has 2 rings (SSSR count). The van der Waals surface area contributed by atoms with Gasteiger partial charge in [-0.3, -0.25) is 4.79 Å². The number of rotatable bonds is 6. The molecule has 0 fully saturated rings. The number of nitrogens with zero attached hydrogens (tertiary/aromatic N) is 1. The molecule has 0 saturated heterocycles. The normalized spacial score (nSPS) is 10.5. The summed E-state index contributed by atoms with van der Waals surface area (Å²) < 4.78 is 5.32. The third-order valence-electron chi connectivity index (χ3n) is 3.51. The first-order valence-corrected chi connectivity index (χ1v) is 7.64. The maximum absolute atomic E-state index is 11.9. The molecule has 2 aromatic carbocycles. The zero-order valence-corrected chi connectivity index (χ0v) is 14.1. The fourth-order valence-electron chi connectivity index (χ4n) is 2.20. The van der Waals surface area contributed by atoms with Crippen LogP contribution in [0.4, 0.5) is 10.5 Å². The molecule has 0 unspecified atom stereocenters. The van der Waals surface area contributed by atoms with Crippen LogP contribution in [0, 0.1) is 0 Å². The summed E-state index contributed by atoms with van der Waals surface area (Å²) in [5.74, 6) is 0.332. The third-order valence-corrected chi connectivity index (χ3v) is 3.51. The van der Waals surface area contributed by atoms with Crippen molar-refractivity contribution in [1.82, 2.24) is 4.90 Å². The van der Waals surface area contributed by atoms with E-state index in [4.69, 9.17) is 9.84 Å². The molecule has 2 N–H and O–H groups in total. The Balaban J connectivity index is 2.07. The van der Waals surface area contributed by atoms with Crippen LogP contribution in [0.1, 0.15) is 11.1 Å². The standard InChI is InChI=1S/C19H20N2O4/c1-21(19(23)24)13-15-10-8-14(12-17(15)25-2)9-11-18(22)20-16-6-4-3-5-7-16/h3-12H,13H2,1-2H3,(H,20,22)(H,23,24)/b11-9+. The van der Waals surface area contributed by atoms with Gasteiger partial charge in [-0.15, -0.1) is 0 Å². The lowest BCUT2D eigenvalue weighted by molar-refractivity contribution is -0.111. The highest BCUT2D eigenvalue weighted by atomic mass is 16.5. The molecular formula is C19H20N2O4. The number of nitrogens with one attached hydrogen (secondary N) is 1. The first-order valence-electron chi connectivity index (χ1n) is 7.64. The van der Waals surface area contributed by atoms with E-state index in [-0.39, 0.29) is 12.5 Å². The van der Waals surface area contributed by atoms with Crippen LogP contribution >= 0.6 is 0 Å². The summed E-state index contributed by atoms with van der Waals surface area (Å²) in [5.41, 5.74) is 2.25. The summed E-state index contributed by atoms with van der Waals surface area (Å²) in [6.45, 7) is 0.219. The van der Waals surface area contributed by atoms with Crippen LogP contribution < -0.4 is 10.1 Å². The minimum atomic E-state index is -1.01. The highest BCUT2D eigenvalue weighted by molar-refractivity contribution is 6.01. The summed E-state index contributed by atoms with van der Waals surface area (Å²) >= 11 is 0. The molecule has 6 nitrogen and oxygen atoms in total. The Labute approximate surface area is 146 Å². The van der Waals surface area contributed by atoms with Crippen LogP contribution in [0.25, 0.3) is 6.08 Å². The maximum atomic E-state index is 11.9. The van der Waals surface area contributed by atoms with Gasteiger partial charge in [0.2, 0.25) is 5.91 Å². The Morgan fingerprint density at radius 3 is 2.56 bits per heavy atom. The first-order chi connectivity index (χ1) is 12.0. The molecule has 0 aliphatic heterocycles. The van der Waals surface area contributed by atoms with Crippen LogP contribution in [-0.4, -0.2) is 36.2 Å². The molecule has 25 heavy (non-hydrogen) atoms. The van der Waals surface area contributed by atoms with Gasteiger partial charge in [-0.05, 0) is 29.8 Å². The van der Waals surface area contributed by atoms with Crippen molar-refractivity contribution >= 4 is 23.8 Å². The highest BCUT2D eigenvalue weighted by Crippen LogP contribution is 2.22. The van der Waals surface area contributed by atoms with Gasteiger partial charge in [-0.1, -0.05) is 30.3 Å². The van der Waals surface area contributed by atoms with E-state index in [2.05, 4.69) is 5.32 Å². The molecule has 0 aliphatic carbocycles. The number of carboxylic acid groups (broad SMARTS) is 1. The topological polar surface area (TPSA) is 78.9 Å². The third kappa shape index (κ3) is 5.39. The number of amides is 2. The fourth-order valence-corrected chi connectivity index (χ4v) is 2.20. The van der Waals surface area contributed by atoms with E-state index in [9.17, 15) is 9.59 Å². The van der Waals surface area contributed by atoms with Crippen LogP contribution in [0.15, 0.2) is 54.6 Å². The lowest BCUT2D eigenvalue weighted by Crippen LogP contribution is -2.24. The first kappa shape index (κ1) is 18.1. The van der Waals surface area contributed by atoms with Crippen LogP contribution in [-0.2, 0) is 11.3 Å². The van der Waals surface area contributed by atoms with Gasteiger partial charge in [0.15, 0.2) is 0 Å². The predicted octanol–water partition coefficient (Wildman–Crippen LogP) is 3.46. The number of hydrogen-bond donors (Lipinski definition) is 2. The smallest absolute Gasteiger partial charge is 0.407 e. The van der Waals surface area contributed by atoms with E-state index in [0.29, 0.717) is 5.75 Å². The van der Waals surface area contributed by atoms with Crippen molar-refractivity contribution < 1.29 is 19.4 Å². The minimum Gasteiger partial charge on any atom is -0.496 e. The second kappa shape index (κ2) is 8.54. The molecule has 0 aliphatic rings. The van der Waals surface area contributed by atoms with Crippen molar-refractivity contribution in [3.63, 3.8) is 0 Å². The molecule has 0 saturated carbocycles. The number of carbonyl (C=O) groups excluding carboxylic acids is 1. The zero-order chi connectivity index (χ0) is 18.2. The minimum absolute atomic E-state index is 0.219. The number of anilines is 1. The maximum Gasteiger partial charge on any atom is 0.407 e.